The van der Waals surface area contributed by atoms with E-state index in [0.29, 0.717) is 18.1 Å². The van der Waals surface area contributed by atoms with Crippen LogP contribution < -0.4 is 15.4 Å². The van der Waals surface area contributed by atoms with Crippen molar-refractivity contribution >= 4 is 23.5 Å². The van der Waals surface area contributed by atoms with Crippen LogP contribution in [0.1, 0.15) is 28.2 Å². The van der Waals surface area contributed by atoms with E-state index >= 15 is 0 Å². The lowest BCUT2D eigenvalue weighted by molar-refractivity contribution is 0.297. The molecule has 0 amide bonds. The van der Waals surface area contributed by atoms with Crippen molar-refractivity contribution in [2.45, 2.75) is 20.5 Å². The summed E-state index contributed by atoms with van der Waals surface area (Å²) in [5.74, 6) is 1.50. The number of anilines is 2. The van der Waals surface area contributed by atoms with Crippen molar-refractivity contribution in [2.75, 3.05) is 24.7 Å². The molecule has 2 heterocycles. The maximum atomic E-state index is 9.66. The Balaban J connectivity index is 1.90. The maximum absolute atomic E-state index is 9.66. The predicted octanol–water partition coefficient (Wildman–Crippen LogP) is 3.17. The van der Waals surface area contributed by atoms with E-state index in [1.165, 1.54) is 0 Å². The molecule has 30 heavy (non-hydrogen) atoms. The summed E-state index contributed by atoms with van der Waals surface area (Å²) in [5, 5.41) is 9.66. The van der Waals surface area contributed by atoms with Crippen LogP contribution in [0.15, 0.2) is 36.5 Å². The van der Waals surface area contributed by atoms with E-state index in [2.05, 4.69) is 26.0 Å². The summed E-state index contributed by atoms with van der Waals surface area (Å²) in [6.07, 6.45) is 3.47. The Morgan fingerprint density at radius 2 is 1.90 bits per heavy atom. The Kier molecular flexibility index (Phi) is 6.23. The Labute approximate surface area is 175 Å². The second kappa shape index (κ2) is 9.01. The third kappa shape index (κ3) is 4.89. The normalized spacial score (nSPS) is 11.1. The van der Waals surface area contributed by atoms with Crippen LogP contribution in [0.4, 0.5) is 11.9 Å². The number of nitrogens with two attached hydrogens (primary N) is 1. The van der Waals surface area contributed by atoms with Crippen LogP contribution >= 0.6 is 0 Å². The Hall–Kier alpha value is -3.99. The van der Waals surface area contributed by atoms with Crippen molar-refractivity contribution in [2.24, 2.45) is 0 Å². The maximum Gasteiger partial charge on any atom is 0.230 e. The van der Waals surface area contributed by atoms with Crippen LogP contribution in [-0.4, -0.2) is 34.0 Å². The van der Waals surface area contributed by atoms with Crippen LogP contribution in [0.3, 0.4) is 0 Å². The average Bonchev–Trinajstić information content (AvgIpc) is 2.71. The van der Waals surface area contributed by atoms with Crippen molar-refractivity contribution in [1.29, 1.82) is 5.26 Å². The molecule has 0 atom stereocenters. The van der Waals surface area contributed by atoms with Gasteiger partial charge in [0.2, 0.25) is 11.9 Å². The van der Waals surface area contributed by atoms with Crippen molar-refractivity contribution in [3.8, 4) is 11.8 Å². The summed E-state index contributed by atoms with van der Waals surface area (Å²) >= 11 is 0. The molecule has 3 aromatic rings. The van der Waals surface area contributed by atoms with Gasteiger partial charge in [-0.2, -0.15) is 20.2 Å². The van der Waals surface area contributed by atoms with Crippen LogP contribution in [0.2, 0.25) is 0 Å². The number of allylic oxidation sites excluding steroid dienone is 1. The summed E-state index contributed by atoms with van der Waals surface area (Å²) in [6.45, 7) is 4.32. The number of benzene rings is 1. The van der Waals surface area contributed by atoms with Gasteiger partial charge in [0.15, 0.2) is 5.82 Å². The Bertz CT molecular complexity index is 1100. The standard InChI is InChI=1S/C22H23N7O/c1-14-9-16(10-15(2)19(14)30-13-18-7-5-6-8-25-18)11-17(12-23)20-26-21(24)28-22(27-20)29(3)4/h5-11H,13H2,1-4H3,(H2,24,26,27,28). The molecule has 3 rings (SSSR count). The highest BCUT2D eigenvalue weighted by Crippen LogP contribution is 2.27. The number of aromatic nitrogens is 4. The van der Waals surface area contributed by atoms with Crippen molar-refractivity contribution in [3.05, 3.63) is 64.7 Å². The SMILES string of the molecule is Cc1cc(C=C(C#N)c2nc(N)nc(N(C)C)n2)cc(C)c1OCc1ccccn1. The molecule has 0 aliphatic carbocycles. The number of nitrogen functional groups attached to an aromatic ring is 1. The molecule has 8 nitrogen and oxygen atoms in total. The zero-order valence-corrected chi connectivity index (χ0v) is 17.4. The quantitative estimate of drug-likeness (QED) is 0.627. The number of ether oxygens (including phenoxy) is 1. The molecule has 8 heteroatoms. The third-order valence-corrected chi connectivity index (χ3v) is 4.29. The van der Waals surface area contributed by atoms with Crippen LogP contribution in [0.5, 0.6) is 5.75 Å². The molecule has 1 aromatic carbocycles. The van der Waals surface area contributed by atoms with Gasteiger partial charge in [-0.05, 0) is 60.9 Å². The van der Waals surface area contributed by atoms with Gasteiger partial charge in [-0.15, -0.1) is 0 Å². The van der Waals surface area contributed by atoms with Crippen LogP contribution in [0.25, 0.3) is 11.6 Å². The Morgan fingerprint density at radius 3 is 2.50 bits per heavy atom. The highest BCUT2D eigenvalue weighted by molar-refractivity contribution is 5.87. The van der Waals surface area contributed by atoms with Gasteiger partial charge in [0.25, 0.3) is 0 Å². The fourth-order valence-corrected chi connectivity index (χ4v) is 2.94. The fraction of sp³-hybridized carbons (Fsp3) is 0.227. The topological polar surface area (TPSA) is 114 Å². The summed E-state index contributed by atoms with van der Waals surface area (Å²) in [5.41, 5.74) is 9.70. The van der Waals surface area contributed by atoms with E-state index in [1.807, 2.05) is 44.2 Å². The fourth-order valence-electron chi connectivity index (χ4n) is 2.94. The van der Waals surface area contributed by atoms with Crippen LogP contribution in [-0.2, 0) is 6.61 Å². The molecule has 2 N–H and O–H groups in total. The van der Waals surface area contributed by atoms with E-state index in [-0.39, 0.29) is 11.8 Å². The molecule has 2 aromatic heterocycles. The lowest BCUT2D eigenvalue weighted by Crippen LogP contribution is -2.15. The number of pyridine rings is 1. The van der Waals surface area contributed by atoms with Gasteiger partial charge in [0.05, 0.1) is 11.3 Å². The molecule has 152 valence electrons. The van der Waals surface area contributed by atoms with Crippen molar-refractivity contribution < 1.29 is 4.74 Å². The van der Waals surface area contributed by atoms with E-state index in [1.54, 1.807) is 31.3 Å². The molecule has 0 unspecified atom stereocenters. The first kappa shape index (κ1) is 20.7. The molecule has 0 radical (unpaired) electrons. The Morgan fingerprint density at radius 1 is 1.17 bits per heavy atom. The number of aryl methyl sites for hydroxylation is 2. The van der Waals surface area contributed by atoms with Gasteiger partial charge < -0.3 is 15.4 Å². The highest BCUT2D eigenvalue weighted by atomic mass is 16.5. The first-order valence-corrected chi connectivity index (χ1v) is 9.32. The van der Waals surface area contributed by atoms with E-state index in [4.69, 9.17) is 10.5 Å². The number of hydrogen-bond donors (Lipinski definition) is 1. The minimum Gasteiger partial charge on any atom is -0.487 e. The molecule has 0 aliphatic heterocycles. The van der Waals surface area contributed by atoms with E-state index in [0.717, 1.165) is 28.1 Å². The van der Waals surface area contributed by atoms with Gasteiger partial charge >= 0.3 is 0 Å². The van der Waals surface area contributed by atoms with Gasteiger partial charge in [0, 0.05) is 20.3 Å². The lowest BCUT2D eigenvalue weighted by Gasteiger charge is -2.13. The van der Waals surface area contributed by atoms with Crippen molar-refractivity contribution in [1.82, 2.24) is 19.9 Å². The number of rotatable bonds is 6. The molecule has 0 saturated heterocycles. The second-order valence-corrected chi connectivity index (χ2v) is 6.98. The predicted molar refractivity (Wildman–Crippen MR) is 117 cm³/mol. The van der Waals surface area contributed by atoms with Crippen LogP contribution in [0, 0.1) is 25.2 Å². The summed E-state index contributed by atoms with van der Waals surface area (Å²) in [6, 6.07) is 11.8. The number of hydrogen-bond acceptors (Lipinski definition) is 8. The van der Waals surface area contributed by atoms with Crippen molar-refractivity contribution in [3.63, 3.8) is 0 Å². The first-order chi connectivity index (χ1) is 14.4. The minimum absolute atomic E-state index is 0.0653. The minimum atomic E-state index is 0.0653. The third-order valence-electron chi connectivity index (χ3n) is 4.29. The van der Waals surface area contributed by atoms with Gasteiger partial charge in [-0.3, -0.25) is 4.98 Å². The largest absolute Gasteiger partial charge is 0.487 e. The molecular weight excluding hydrogens is 378 g/mol. The molecule has 0 aliphatic rings. The van der Waals surface area contributed by atoms with Gasteiger partial charge in [-0.25, -0.2) is 0 Å². The summed E-state index contributed by atoms with van der Waals surface area (Å²) in [4.78, 5) is 18.5. The van der Waals surface area contributed by atoms with Gasteiger partial charge in [0.1, 0.15) is 18.4 Å². The van der Waals surface area contributed by atoms with Gasteiger partial charge in [-0.1, -0.05) is 6.07 Å². The van der Waals surface area contributed by atoms with E-state index in [9.17, 15) is 5.26 Å². The number of nitriles is 1. The highest BCUT2D eigenvalue weighted by Gasteiger charge is 2.12. The second-order valence-electron chi connectivity index (χ2n) is 6.98. The molecule has 0 bridgehead atoms. The lowest BCUT2D eigenvalue weighted by atomic mass is 10.0. The zero-order valence-electron chi connectivity index (χ0n) is 17.4. The molecule has 0 spiro atoms. The van der Waals surface area contributed by atoms with E-state index < -0.39 is 0 Å². The number of nitrogens with zero attached hydrogens (tertiary/aromatic N) is 6. The summed E-state index contributed by atoms with van der Waals surface area (Å²) < 4.78 is 5.98. The summed E-state index contributed by atoms with van der Waals surface area (Å²) in [7, 11) is 3.59. The average molecular weight is 401 g/mol. The molecule has 0 saturated carbocycles. The monoisotopic (exact) mass is 401 g/mol. The smallest absolute Gasteiger partial charge is 0.230 e. The first-order valence-electron chi connectivity index (χ1n) is 9.32. The molecular formula is C22H23N7O. The zero-order chi connectivity index (χ0) is 21.7. The molecule has 0 fully saturated rings.